The number of benzene rings is 2. The lowest BCUT2D eigenvalue weighted by Crippen LogP contribution is -1.95. The topological polar surface area (TPSA) is 0 Å². The van der Waals surface area contributed by atoms with Gasteiger partial charge in [0.2, 0.25) is 0 Å². The van der Waals surface area contributed by atoms with Gasteiger partial charge in [0.25, 0.3) is 0 Å². The van der Waals surface area contributed by atoms with Gasteiger partial charge < -0.3 is 0 Å². The number of hydrogen-bond donors (Lipinski definition) is 0. The maximum absolute atomic E-state index is 2.33. The minimum atomic E-state index is 0.556. The Balaban J connectivity index is 2.43. The third-order valence-corrected chi connectivity index (χ3v) is 4.98. The van der Waals surface area contributed by atoms with Crippen molar-refractivity contribution in [2.75, 3.05) is 0 Å². The molecule has 0 spiro atoms. The van der Waals surface area contributed by atoms with Crippen LogP contribution in [0.2, 0.25) is 0 Å². The zero-order chi connectivity index (χ0) is 15.6. The molecule has 2 aromatic carbocycles. The van der Waals surface area contributed by atoms with E-state index < -0.39 is 0 Å². The van der Waals surface area contributed by atoms with Gasteiger partial charge in [-0.05, 0) is 48.9 Å². The second-order valence-corrected chi connectivity index (χ2v) is 7.58. The van der Waals surface area contributed by atoms with Crippen LogP contribution in [0.4, 0.5) is 0 Å². The van der Waals surface area contributed by atoms with Gasteiger partial charge in [-0.1, -0.05) is 74.8 Å². The van der Waals surface area contributed by atoms with Gasteiger partial charge in [0.05, 0.1) is 0 Å². The summed E-state index contributed by atoms with van der Waals surface area (Å²) in [7, 11) is 0. The molecule has 0 aromatic heterocycles. The van der Waals surface area contributed by atoms with Crippen LogP contribution in [-0.2, 0) is 0 Å². The fourth-order valence-electron chi connectivity index (χ4n) is 2.54. The Morgan fingerprint density at radius 2 is 1.05 bits per heavy atom. The van der Waals surface area contributed by atoms with Crippen molar-refractivity contribution in [2.45, 2.75) is 63.2 Å². The lowest BCUT2D eigenvalue weighted by molar-refractivity contribution is 0.833. The molecule has 0 bridgehead atoms. The van der Waals surface area contributed by atoms with Gasteiger partial charge in [-0.15, -0.1) is 0 Å². The van der Waals surface area contributed by atoms with Crippen LogP contribution in [-0.4, -0.2) is 0 Å². The molecule has 0 aliphatic carbocycles. The van der Waals surface area contributed by atoms with Crippen LogP contribution in [0.5, 0.6) is 0 Å². The van der Waals surface area contributed by atoms with Gasteiger partial charge in [-0.3, -0.25) is 0 Å². The van der Waals surface area contributed by atoms with Crippen LogP contribution in [0.3, 0.4) is 0 Å². The first kappa shape index (κ1) is 16.2. The van der Waals surface area contributed by atoms with Crippen molar-refractivity contribution in [3.63, 3.8) is 0 Å². The highest BCUT2D eigenvalue weighted by Gasteiger charge is 2.12. The van der Waals surface area contributed by atoms with Crippen molar-refractivity contribution in [3.05, 3.63) is 58.7 Å². The Bertz CT molecular complexity index is 568. The fourth-order valence-corrected chi connectivity index (χ4v) is 3.88. The van der Waals surface area contributed by atoms with Gasteiger partial charge in [-0.25, -0.2) is 0 Å². The summed E-state index contributed by atoms with van der Waals surface area (Å²) in [5.41, 5.74) is 5.60. The standard InChI is InChI=1S/C20H26S/c1-13(2)17-11-15(5)7-9-19(17)21-20-10-8-16(6)12-18(20)14(3)4/h7-14H,1-6H3. The van der Waals surface area contributed by atoms with E-state index in [1.54, 1.807) is 0 Å². The molecule has 0 aliphatic heterocycles. The summed E-state index contributed by atoms with van der Waals surface area (Å²) in [6.07, 6.45) is 0. The molecule has 2 rings (SSSR count). The van der Waals surface area contributed by atoms with E-state index in [2.05, 4.69) is 77.9 Å². The molecular formula is C20H26S. The predicted molar refractivity (Wildman–Crippen MR) is 94.7 cm³/mol. The Morgan fingerprint density at radius 1 is 0.667 bits per heavy atom. The molecule has 0 saturated heterocycles. The van der Waals surface area contributed by atoms with Crippen LogP contribution >= 0.6 is 11.8 Å². The van der Waals surface area contributed by atoms with E-state index in [0.29, 0.717) is 11.8 Å². The van der Waals surface area contributed by atoms with E-state index in [-0.39, 0.29) is 0 Å². The van der Waals surface area contributed by atoms with Crippen molar-refractivity contribution in [2.24, 2.45) is 0 Å². The Labute approximate surface area is 134 Å². The molecule has 0 nitrogen and oxygen atoms in total. The minimum absolute atomic E-state index is 0.556. The monoisotopic (exact) mass is 298 g/mol. The zero-order valence-corrected chi connectivity index (χ0v) is 14.8. The van der Waals surface area contributed by atoms with Crippen molar-refractivity contribution in [1.82, 2.24) is 0 Å². The maximum atomic E-state index is 2.33. The van der Waals surface area contributed by atoms with Crippen molar-refractivity contribution in [3.8, 4) is 0 Å². The average molecular weight is 298 g/mol. The molecule has 0 amide bonds. The molecule has 0 unspecified atom stereocenters. The Kier molecular flexibility index (Phi) is 5.16. The molecule has 2 aromatic rings. The molecule has 21 heavy (non-hydrogen) atoms. The first-order valence-corrected chi connectivity index (χ1v) is 8.59. The summed E-state index contributed by atoms with van der Waals surface area (Å²) in [6.45, 7) is 13.4. The molecule has 0 saturated carbocycles. The molecule has 0 fully saturated rings. The molecule has 0 radical (unpaired) electrons. The highest BCUT2D eigenvalue weighted by Crippen LogP contribution is 2.38. The van der Waals surface area contributed by atoms with Gasteiger partial charge in [-0.2, -0.15) is 0 Å². The van der Waals surface area contributed by atoms with E-state index in [1.807, 2.05) is 11.8 Å². The van der Waals surface area contributed by atoms with Crippen molar-refractivity contribution >= 4 is 11.8 Å². The Morgan fingerprint density at radius 3 is 1.38 bits per heavy atom. The van der Waals surface area contributed by atoms with Crippen LogP contribution < -0.4 is 0 Å². The summed E-state index contributed by atoms with van der Waals surface area (Å²) in [5, 5.41) is 0. The van der Waals surface area contributed by atoms with Crippen LogP contribution in [0.1, 0.15) is 61.8 Å². The maximum Gasteiger partial charge on any atom is 0.0157 e. The molecule has 112 valence electrons. The van der Waals surface area contributed by atoms with Gasteiger partial charge in [0.15, 0.2) is 0 Å². The first-order valence-electron chi connectivity index (χ1n) is 7.77. The minimum Gasteiger partial charge on any atom is -0.0895 e. The number of aryl methyl sites for hydroxylation is 2. The van der Waals surface area contributed by atoms with Crippen molar-refractivity contribution < 1.29 is 0 Å². The summed E-state index contributed by atoms with van der Waals surface area (Å²) < 4.78 is 0. The highest BCUT2D eigenvalue weighted by molar-refractivity contribution is 7.99. The first-order chi connectivity index (χ1) is 9.88. The molecule has 0 aliphatic rings. The SMILES string of the molecule is Cc1ccc(Sc2ccc(C)cc2C(C)C)c(C(C)C)c1. The fraction of sp³-hybridized carbons (Fsp3) is 0.400. The summed E-state index contributed by atoms with van der Waals surface area (Å²) >= 11 is 1.91. The second-order valence-electron chi connectivity index (χ2n) is 6.49. The largest absolute Gasteiger partial charge is 0.0895 e. The van der Waals surface area contributed by atoms with Crippen molar-refractivity contribution in [1.29, 1.82) is 0 Å². The third-order valence-electron chi connectivity index (χ3n) is 3.79. The predicted octanol–water partition coefficient (Wildman–Crippen LogP) is 6.70. The van der Waals surface area contributed by atoms with E-state index in [1.165, 1.54) is 32.0 Å². The number of hydrogen-bond acceptors (Lipinski definition) is 1. The van der Waals surface area contributed by atoms with Gasteiger partial charge in [0, 0.05) is 9.79 Å². The van der Waals surface area contributed by atoms with Crippen LogP contribution in [0.25, 0.3) is 0 Å². The van der Waals surface area contributed by atoms with E-state index in [4.69, 9.17) is 0 Å². The van der Waals surface area contributed by atoms with Gasteiger partial charge >= 0.3 is 0 Å². The molecule has 0 heterocycles. The average Bonchev–Trinajstić information content (AvgIpc) is 2.42. The quantitative estimate of drug-likeness (QED) is 0.605. The summed E-state index contributed by atoms with van der Waals surface area (Å²) in [5.74, 6) is 1.11. The molecule has 0 atom stereocenters. The van der Waals surface area contributed by atoms with E-state index >= 15 is 0 Å². The highest BCUT2D eigenvalue weighted by atomic mass is 32.2. The lowest BCUT2D eigenvalue weighted by atomic mass is 10.0. The molecule has 1 heteroatoms. The normalized spacial score (nSPS) is 11.4. The zero-order valence-electron chi connectivity index (χ0n) is 14.0. The van der Waals surface area contributed by atoms with E-state index in [9.17, 15) is 0 Å². The number of rotatable bonds is 4. The smallest absolute Gasteiger partial charge is 0.0157 e. The van der Waals surface area contributed by atoms with Gasteiger partial charge in [0.1, 0.15) is 0 Å². The summed E-state index contributed by atoms with van der Waals surface area (Å²) in [4.78, 5) is 2.78. The lowest BCUT2D eigenvalue weighted by Gasteiger charge is -2.17. The van der Waals surface area contributed by atoms with Crippen LogP contribution in [0.15, 0.2) is 46.2 Å². The van der Waals surface area contributed by atoms with E-state index in [0.717, 1.165) is 0 Å². The third kappa shape index (κ3) is 3.91. The molecule has 0 N–H and O–H groups in total. The summed E-state index contributed by atoms with van der Waals surface area (Å²) in [6, 6.07) is 13.7. The Hall–Kier alpha value is -1.21. The van der Waals surface area contributed by atoms with Crippen LogP contribution in [0, 0.1) is 13.8 Å². The second kappa shape index (κ2) is 6.70. The molecular weight excluding hydrogens is 272 g/mol.